The second-order valence-corrected chi connectivity index (χ2v) is 3.83. The van der Waals surface area contributed by atoms with Crippen molar-refractivity contribution < 1.29 is 4.79 Å². The third-order valence-electron chi connectivity index (χ3n) is 1.98. The van der Waals surface area contributed by atoms with E-state index in [4.69, 9.17) is 23.2 Å². The maximum absolute atomic E-state index is 11.9. The van der Waals surface area contributed by atoms with Crippen molar-refractivity contribution in [3.05, 3.63) is 58.1 Å². The molecule has 0 saturated heterocycles. The molecule has 0 N–H and O–H groups in total. The summed E-state index contributed by atoms with van der Waals surface area (Å²) in [5.74, 6) is -0.269. The zero-order valence-electron chi connectivity index (χ0n) is 8.02. The first-order chi connectivity index (χ1) is 7.68. The molecule has 0 aliphatic rings. The lowest BCUT2D eigenvalue weighted by atomic mass is 10.1. The zero-order chi connectivity index (χ0) is 11.5. The number of ketones is 1. The van der Waals surface area contributed by atoms with Crippen LogP contribution < -0.4 is 0 Å². The molecule has 2 rings (SSSR count). The first-order valence-corrected chi connectivity index (χ1v) is 5.21. The van der Waals surface area contributed by atoms with E-state index < -0.39 is 0 Å². The van der Waals surface area contributed by atoms with Gasteiger partial charge in [0.25, 0.3) is 0 Å². The van der Waals surface area contributed by atoms with Crippen molar-refractivity contribution in [1.82, 2.24) is 9.97 Å². The fourth-order valence-corrected chi connectivity index (χ4v) is 1.53. The molecule has 1 aromatic heterocycles. The van der Waals surface area contributed by atoms with Crippen molar-refractivity contribution >= 4 is 29.0 Å². The topological polar surface area (TPSA) is 42.9 Å². The molecule has 0 radical (unpaired) electrons. The fourth-order valence-electron chi connectivity index (χ4n) is 1.21. The smallest absolute Gasteiger partial charge is 0.214 e. The molecule has 1 aromatic carbocycles. The van der Waals surface area contributed by atoms with E-state index in [2.05, 4.69) is 9.97 Å². The lowest BCUT2D eigenvalue weighted by Gasteiger charge is -2.01. The number of nitrogens with zero attached hydrogens (tertiary/aromatic N) is 2. The predicted octanol–water partition coefficient (Wildman–Crippen LogP) is 3.01. The van der Waals surface area contributed by atoms with Gasteiger partial charge in [-0.2, -0.15) is 0 Å². The largest absolute Gasteiger partial charge is 0.287 e. The van der Waals surface area contributed by atoms with Crippen LogP contribution in [0.15, 0.2) is 36.7 Å². The normalized spacial score (nSPS) is 10.1. The highest BCUT2D eigenvalue weighted by Gasteiger charge is 2.14. The van der Waals surface area contributed by atoms with Crippen molar-refractivity contribution in [2.45, 2.75) is 0 Å². The second kappa shape index (κ2) is 4.60. The minimum atomic E-state index is -0.269. The summed E-state index contributed by atoms with van der Waals surface area (Å²) in [6.07, 6.45) is 2.86. The molecular weight excluding hydrogens is 247 g/mol. The molecule has 0 aliphatic heterocycles. The Morgan fingerprint density at radius 2 is 1.62 bits per heavy atom. The Labute approximate surface area is 102 Å². The van der Waals surface area contributed by atoms with Crippen molar-refractivity contribution in [2.75, 3.05) is 0 Å². The third kappa shape index (κ3) is 2.21. The molecule has 0 aliphatic carbocycles. The van der Waals surface area contributed by atoms with E-state index in [0.717, 1.165) is 0 Å². The van der Waals surface area contributed by atoms with Crippen LogP contribution in [0.1, 0.15) is 16.1 Å². The van der Waals surface area contributed by atoms with Gasteiger partial charge in [0.05, 0.1) is 0 Å². The molecule has 3 nitrogen and oxygen atoms in total. The second-order valence-electron chi connectivity index (χ2n) is 3.03. The van der Waals surface area contributed by atoms with E-state index in [9.17, 15) is 4.79 Å². The summed E-state index contributed by atoms with van der Waals surface area (Å²) in [5, 5.41) is 0.671. The molecule has 0 spiro atoms. The Hall–Kier alpha value is -1.45. The van der Waals surface area contributed by atoms with Crippen molar-refractivity contribution in [3.63, 3.8) is 0 Å². The number of carbonyl (C=O) groups is 1. The van der Waals surface area contributed by atoms with E-state index in [0.29, 0.717) is 10.6 Å². The molecule has 0 fully saturated rings. The Kier molecular flexibility index (Phi) is 3.17. The molecule has 16 heavy (non-hydrogen) atoms. The van der Waals surface area contributed by atoms with Crippen LogP contribution in [0, 0.1) is 0 Å². The van der Waals surface area contributed by atoms with Crippen molar-refractivity contribution in [2.24, 2.45) is 0 Å². The van der Waals surface area contributed by atoms with Gasteiger partial charge in [-0.1, -0.05) is 23.2 Å². The van der Waals surface area contributed by atoms with Gasteiger partial charge >= 0.3 is 0 Å². The van der Waals surface area contributed by atoms with Gasteiger partial charge in [0, 0.05) is 23.0 Å². The number of rotatable bonds is 2. The fraction of sp³-hybridized carbons (Fsp3) is 0. The molecule has 0 bridgehead atoms. The molecule has 1 heterocycles. The predicted molar refractivity (Wildman–Crippen MR) is 61.9 cm³/mol. The van der Waals surface area contributed by atoms with Crippen LogP contribution in [-0.4, -0.2) is 15.8 Å². The molecule has 80 valence electrons. The number of benzene rings is 1. The van der Waals surface area contributed by atoms with Crippen LogP contribution in [0.25, 0.3) is 0 Å². The lowest BCUT2D eigenvalue weighted by molar-refractivity contribution is 0.103. The Morgan fingerprint density at radius 1 is 1.00 bits per heavy atom. The zero-order valence-corrected chi connectivity index (χ0v) is 9.53. The Bertz CT molecular complexity index is 526. The van der Waals surface area contributed by atoms with Crippen LogP contribution in [0.5, 0.6) is 0 Å². The summed E-state index contributed by atoms with van der Waals surface area (Å²) in [6, 6.07) is 6.52. The highest BCUT2D eigenvalue weighted by Crippen LogP contribution is 2.16. The number of hydrogen-bond acceptors (Lipinski definition) is 3. The van der Waals surface area contributed by atoms with Crippen LogP contribution in [0.3, 0.4) is 0 Å². The van der Waals surface area contributed by atoms with Crippen LogP contribution >= 0.6 is 23.2 Å². The summed E-state index contributed by atoms with van der Waals surface area (Å²) in [7, 11) is 0. The minimum Gasteiger partial charge on any atom is -0.287 e. The van der Waals surface area contributed by atoms with Gasteiger partial charge in [-0.3, -0.25) is 4.79 Å². The first kappa shape index (κ1) is 11.0. The highest BCUT2D eigenvalue weighted by atomic mass is 35.5. The standard InChI is InChI=1S/C11H6Cl2N2O/c12-8-3-1-7(2-4-8)10(16)9-11(13)15-6-5-14-9/h1-6H. The highest BCUT2D eigenvalue weighted by molar-refractivity contribution is 6.33. The quantitative estimate of drug-likeness (QED) is 0.772. The van der Waals surface area contributed by atoms with Crippen LogP contribution in [-0.2, 0) is 0 Å². The minimum absolute atomic E-state index is 0.0995. The third-order valence-corrected chi connectivity index (χ3v) is 2.50. The SMILES string of the molecule is O=C(c1ccc(Cl)cc1)c1nccnc1Cl. The van der Waals surface area contributed by atoms with Crippen molar-refractivity contribution in [1.29, 1.82) is 0 Å². The molecule has 0 amide bonds. The first-order valence-electron chi connectivity index (χ1n) is 4.45. The molecule has 0 unspecified atom stereocenters. The van der Waals surface area contributed by atoms with E-state index in [1.54, 1.807) is 24.3 Å². The Balaban J connectivity index is 2.40. The van der Waals surface area contributed by atoms with Gasteiger partial charge in [-0.05, 0) is 24.3 Å². The average Bonchev–Trinajstić information content (AvgIpc) is 2.30. The monoisotopic (exact) mass is 252 g/mol. The molecule has 0 saturated carbocycles. The molecule has 2 aromatic rings. The van der Waals surface area contributed by atoms with E-state index in [1.807, 2.05) is 0 Å². The molecular formula is C11H6Cl2N2O. The number of halogens is 2. The number of aromatic nitrogens is 2. The summed E-state index contributed by atoms with van der Waals surface area (Å²) < 4.78 is 0. The lowest BCUT2D eigenvalue weighted by Crippen LogP contribution is -2.05. The summed E-state index contributed by atoms with van der Waals surface area (Å²) in [6.45, 7) is 0. The van der Waals surface area contributed by atoms with E-state index in [1.165, 1.54) is 12.4 Å². The van der Waals surface area contributed by atoms with Crippen LogP contribution in [0.2, 0.25) is 10.2 Å². The summed E-state index contributed by atoms with van der Waals surface area (Å²) >= 11 is 11.5. The Morgan fingerprint density at radius 3 is 2.25 bits per heavy atom. The summed E-state index contributed by atoms with van der Waals surface area (Å²) in [4.78, 5) is 19.6. The molecule has 0 atom stereocenters. The number of hydrogen-bond donors (Lipinski definition) is 0. The van der Waals surface area contributed by atoms with Gasteiger partial charge in [0.2, 0.25) is 5.78 Å². The van der Waals surface area contributed by atoms with E-state index in [-0.39, 0.29) is 16.6 Å². The van der Waals surface area contributed by atoms with E-state index >= 15 is 0 Å². The van der Waals surface area contributed by atoms with Gasteiger partial charge in [0.15, 0.2) is 5.15 Å². The van der Waals surface area contributed by atoms with Gasteiger partial charge < -0.3 is 0 Å². The van der Waals surface area contributed by atoms with Gasteiger partial charge in [-0.15, -0.1) is 0 Å². The van der Waals surface area contributed by atoms with Crippen LogP contribution in [0.4, 0.5) is 0 Å². The maximum Gasteiger partial charge on any atom is 0.214 e. The number of carbonyl (C=O) groups excluding carboxylic acids is 1. The maximum atomic E-state index is 11.9. The van der Waals surface area contributed by atoms with Gasteiger partial charge in [-0.25, -0.2) is 9.97 Å². The van der Waals surface area contributed by atoms with Gasteiger partial charge in [0.1, 0.15) is 5.69 Å². The molecule has 5 heteroatoms. The summed E-state index contributed by atoms with van der Waals surface area (Å²) in [5.41, 5.74) is 0.623. The average molecular weight is 253 g/mol. The van der Waals surface area contributed by atoms with Crippen molar-refractivity contribution in [3.8, 4) is 0 Å².